The fourth-order valence-corrected chi connectivity index (χ4v) is 1.83. The van der Waals surface area contributed by atoms with Crippen LogP contribution in [0.3, 0.4) is 0 Å². The van der Waals surface area contributed by atoms with Crippen molar-refractivity contribution in [1.29, 1.82) is 0 Å². The van der Waals surface area contributed by atoms with Crippen molar-refractivity contribution < 1.29 is 0 Å². The van der Waals surface area contributed by atoms with Crippen molar-refractivity contribution in [2.24, 2.45) is 7.05 Å². The average Bonchev–Trinajstić information content (AvgIpc) is 2.65. The van der Waals surface area contributed by atoms with Crippen LogP contribution >= 0.6 is 0 Å². The number of aryl methyl sites for hydroxylation is 2. The summed E-state index contributed by atoms with van der Waals surface area (Å²) in [4.78, 5) is 0. The highest BCUT2D eigenvalue weighted by atomic mass is 15.3. The van der Waals surface area contributed by atoms with Gasteiger partial charge in [-0.05, 0) is 31.0 Å². The van der Waals surface area contributed by atoms with E-state index in [1.165, 1.54) is 0 Å². The van der Waals surface area contributed by atoms with E-state index < -0.39 is 0 Å². The number of hydrogen-bond acceptors (Lipinski definition) is 3. The zero-order valence-corrected chi connectivity index (χ0v) is 10.5. The first-order valence-corrected chi connectivity index (χ1v) is 5.76. The van der Waals surface area contributed by atoms with E-state index in [9.17, 15) is 0 Å². The number of aromatic nitrogens is 2. The van der Waals surface area contributed by atoms with Crippen LogP contribution in [-0.4, -0.2) is 9.78 Å². The third kappa shape index (κ3) is 2.25. The predicted molar refractivity (Wildman–Crippen MR) is 71.5 cm³/mol. The zero-order chi connectivity index (χ0) is 12.4. The second-order valence-electron chi connectivity index (χ2n) is 4.16. The van der Waals surface area contributed by atoms with Crippen LogP contribution in [0.15, 0.2) is 24.4 Å². The minimum atomic E-state index is 0.803. The minimum absolute atomic E-state index is 0.803. The van der Waals surface area contributed by atoms with Gasteiger partial charge in [0.05, 0.1) is 11.4 Å². The molecule has 2 aromatic rings. The van der Waals surface area contributed by atoms with Gasteiger partial charge in [-0.15, -0.1) is 0 Å². The molecular weight excluding hydrogens is 212 g/mol. The summed E-state index contributed by atoms with van der Waals surface area (Å²) in [6, 6.07) is 5.88. The van der Waals surface area contributed by atoms with Gasteiger partial charge in [0.15, 0.2) is 0 Å². The van der Waals surface area contributed by atoms with Crippen LogP contribution in [0.4, 0.5) is 17.1 Å². The summed E-state index contributed by atoms with van der Waals surface area (Å²) in [5.74, 6) is 0. The minimum Gasteiger partial charge on any atom is -0.398 e. The molecule has 0 aliphatic carbocycles. The Morgan fingerprint density at radius 2 is 2.12 bits per heavy atom. The Bertz CT molecular complexity index is 528. The van der Waals surface area contributed by atoms with E-state index in [2.05, 4.69) is 17.3 Å². The molecule has 2 rings (SSSR count). The zero-order valence-electron chi connectivity index (χ0n) is 10.5. The van der Waals surface area contributed by atoms with E-state index in [-0.39, 0.29) is 0 Å². The van der Waals surface area contributed by atoms with E-state index in [0.29, 0.717) is 0 Å². The lowest BCUT2D eigenvalue weighted by molar-refractivity contribution is 0.746. The Morgan fingerprint density at radius 3 is 2.82 bits per heavy atom. The Morgan fingerprint density at radius 1 is 1.35 bits per heavy atom. The molecule has 0 saturated carbocycles. The second-order valence-corrected chi connectivity index (χ2v) is 4.16. The average molecular weight is 230 g/mol. The number of anilines is 3. The number of rotatable bonds is 3. The molecule has 1 heterocycles. The molecule has 90 valence electrons. The molecule has 0 atom stereocenters. The lowest BCUT2D eigenvalue weighted by Gasteiger charge is -2.10. The smallest absolute Gasteiger partial charge is 0.0856 e. The van der Waals surface area contributed by atoms with Crippen molar-refractivity contribution in [2.75, 3.05) is 11.1 Å². The SMILES string of the molecule is CCc1nn(C)cc1Nc1cccc(N)c1C. The molecule has 0 radical (unpaired) electrons. The summed E-state index contributed by atoms with van der Waals surface area (Å²) in [6.45, 7) is 4.11. The van der Waals surface area contributed by atoms with Crippen LogP contribution in [0.1, 0.15) is 18.2 Å². The first-order valence-electron chi connectivity index (χ1n) is 5.76. The van der Waals surface area contributed by atoms with Crippen molar-refractivity contribution in [1.82, 2.24) is 9.78 Å². The molecule has 1 aromatic heterocycles. The third-order valence-corrected chi connectivity index (χ3v) is 2.89. The van der Waals surface area contributed by atoms with E-state index in [4.69, 9.17) is 5.73 Å². The summed E-state index contributed by atoms with van der Waals surface area (Å²) in [6.07, 6.45) is 2.89. The van der Waals surface area contributed by atoms with Crippen LogP contribution in [-0.2, 0) is 13.5 Å². The Kier molecular flexibility index (Phi) is 3.04. The predicted octanol–water partition coefficient (Wildman–Crippen LogP) is 2.62. The summed E-state index contributed by atoms with van der Waals surface area (Å²) >= 11 is 0. The number of nitrogen functional groups attached to an aromatic ring is 1. The van der Waals surface area contributed by atoms with E-state index in [1.807, 2.05) is 43.0 Å². The quantitative estimate of drug-likeness (QED) is 0.797. The van der Waals surface area contributed by atoms with E-state index in [1.54, 1.807) is 0 Å². The summed E-state index contributed by atoms with van der Waals surface area (Å²) < 4.78 is 1.82. The van der Waals surface area contributed by atoms with Gasteiger partial charge in [0.2, 0.25) is 0 Å². The Hall–Kier alpha value is -1.97. The van der Waals surface area contributed by atoms with Gasteiger partial charge < -0.3 is 11.1 Å². The maximum Gasteiger partial charge on any atom is 0.0856 e. The van der Waals surface area contributed by atoms with Gasteiger partial charge in [-0.1, -0.05) is 13.0 Å². The van der Waals surface area contributed by atoms with Gasteiger partial charge in [0, 0.05) is 24.6 Å². The maximum atomic E-state index is 5.89. The van der Waals surface area contributed by atoms with Gasteiger partial charge in [-0.25, -0.2) is 0 Å². The molecule has 0 fully saturated rings. The van der Waals surface area contributed by atoms with Crippen molar-refractivity contribution in [3.05, 3.63) is 35.7 Å². The summed E-state index contributed by atoms with van der Waals surface area (Å²) in [7, 11) is 1.93. The largest absolute Gasteiger partial charge is 0.398 e. The monoisotopic (exact) mass is 230 g/mol. The van der Waals surface area contributed by atoms with Gasteiger partial charge in [-0.2, -0.15) is 5.10 Å². The molecule has 17 heavy (non-hydrogen) atoms. The number of nitrogens with one attached hydrogen (secondary N) is 1. The Balaban J connectivity index is 2.34. The van der Waals surface area contributed by atoms with Gasteiger partial charge in [0.25, 0.3) is 0 Å². The summed E-state index contributed by atoms with van der Waals surface area (Å²) in [5, 5.41) is 7.79. The summed E-state index contributed by atoms with van der Waals surface area (Å²) in [5.41, 5.74) is 10.9. The van der Waals surface area contributed by atoms with Crippen molar-refractivity contribution >= 4 is 17.1 Å². The molecule has 0 amide bonds. The molecule has 4 nitrogen and oxygen atoms in total. The first-order chi connectivity index (χ1) is 8.11. The van der Waals surface area contributed by atoms with Crippen LogP contribution in [0.5, 0.6) is 0 Å². The lowest BCUT2D eigenvalue weighted by Crippen LogP contribution is -1.98. The van der Waals surface area contributed by atoms with Crippen molar-refractivity contribution in [3.8, 4) is 0 Å². The highest BCUT2D eigenvalue weighted by molar-refractivity contribution is 5.69. The molecule has 1 aromatic carbocycles. The van der Waals surface area contributed by atoms with Gasteiger partial charge in [0.1, 0.15) is 0 Å². The van der Waals surface area contributed by atoms with Gasteiger partial charge in [-0.3, -0.25) is 4.68 Å². The lowest BCUT2D eigenvalue weighted by atomic mass is 10.1. The van der Waals surface area contributed by atoms with Crippen LogP contribution in [0, 0.1) is 6.92 Å². The third-order valence-electron chi connectivity index (χ3n) is 2.89. The van der Waals surface area contributed by atoms with Gasteiger partial charge >= 0.3 is 0 Å². The number of nitrogens with two attached hydrogens (primary N) is 1. The highest BCUT2D eigenvalue weighted by Gasteiger charge is 2.08. The van der Waals surface area contributed by atoms with E-state index in [0.717, 1.165) is 34.7 Å². The molecule has 0 unspecified atom stereocenters. The molecule has 0 aliphatic heterocycles. The van der Waals surface area contributed by atoms with Crippen LogP contribution in [0.2, 0.25) is 0 Å². The highest BCUT2D eigenvalue weighted by Crippen LogP contribution is 2.26. The Labute approximate surface area is 101 Å². The normalized spacial score (nSPS) is 10.5. The molecule has 0 saturated heterocycles. The van der Waals surface area contributed by atoms with Crippen LogP contribution in [0.25, 0.3) is 0 Å². The molecule has 4 heteroatoms. The molecule has 0 aliphatic rings. The number of benzene rings is 1. The fraction of sp³-hybridized carbons (Fsp3) is 0.308. The second kappa shape index (κ2) is 4.49. The standard InChI is InChI=1S/C13H18N4/c1-4-11-13(8-17(3)16-11)15-12-7-5-6-10(14)9(12)2/h5-8,15H,4,14H2,1-3H3. The maximum absolute atomic E-state index is 5.89. The molecule has 3 N–H and O–H groups in total. The number of hydrogen-bond donors (Lipinski definition) is 2. The van der Waals surface area contributed by atoms with Crippen molar-refractivity contribution in [3.63, 3.8) is 0 Å². The number of nitrogens with zero attached hydrogens (tertiary/aromatic N) is 2. The fourth-order valence-electron chi connectivity index (χ4n) is 1.83. The molecule has 0 spiro atoms. The topological polar surface area (TPSA) is 55.9 Å². The van der Waals surface area contributed by atoms with Crippen molar-refractivity contribution in [2.45, 2.75) is 20.3 Å². The van der Waals surface area contributed by atoms with Crippen LogP contribution < -0.4 is 11.1 Å². The van der Waals surface area contributed by atoms with E-state index >= 15 is 0 Å². The molecular formula is C13H18N4. The molecule has 0 bridgehead atoms. The first kappa shape index (κ1) is 11.5.